The summed E-state index contributed by atoms with van der Waals surface area (Å²) in [7, 11) is 0. The molecule has 1 heterocycles. The minimum Gasteiger partial charge on any atom is -0.395 e. The molecule has 1 fully saturated rings. The molecule has 1 aliphatic heterocycles. The molecule has 2 atom stereocenters. The minimum atomic E-state index is 0.335. The van der Waals surface area contributed by atoms with Crippen molar-refractivity contribution >= 4 is 0 Å². The highest BCUT2D eigenvalue weighted by atomic mass is 16.3. The average Bonchev–Trinajstić information content (AvgIpc) is 2.77. The Morgan fingerprint density at radius 2 is 2.07 bits per heavy atom. The van der Waals surface area contributed by atoms with E-state index in [1.165, 1.54) is 32.4 Å². The molecule has 1 aliphatic carbocycles. The van der Waals surface area contributed by atoms with E-state index in [2.05, 4.69) is 24.0 Å². The molecule has 0 aromatic carbocycles. The second-order valence-electron chi connectivity index (χ2n) is 4.82. The van der Waals surface area contributed by atoms with Gasteiger partial charge in [0.2, 0.25) is 0 Å². The van der Waals surface area contributed by atoms with E-state index in [0.29, 0.717) is 18.6 Å². The largest absolute Gasteiger partial charge is 0.395 e. The Hall–Kier alpha value is -0.340. The third-order valence-corrected chi connectivity index (χ3v) is 3.78. The van der Waals surface area contributed by atoms with Crippen molar-refractivity contribution in [2.75, 3.05) is 19.7 Å². The van der Waals surface area contributed by atoms with Crippen LogP contribution in [0.3, 0.4) is 0 Å². The molecule has 14 heavy (non-hydrogen) atoms. The van der Waals surface area contributed by atoms with Gasteiger partial charge >= 0.3 is 0 Å². The SMILES string of the molecule is CC1CCN(CC2CC=CC2)C1CO. The molecule has 2 nitrogen and oxygen atoms in total. The molecular weight excluding hydrogens is 174 g/mol. The van der Waals surface area contributed by atoms with Crippen LogP contribution >= 0.6 is 0 Å². The summed E-state index contributed by atoms with van der Waals surface area (Å²) in [6, 6.07) is 0.426. The molecule has 2 rings (SSSR count). The van der Waals surface area contributed by atoms with E-state index in [4.69, 9.17) is 0 Å². The van der Waals surface area contributed by atoms with Crippen LogP contribution in [0.15, 0.2) is 12.2 Å². The van der Waals surface area contributed by atoms with E-state index in [-0.39, 0.29) is 0 Å². The molecule has 0 saturated carbocycles. The highest BCUT2D eigenvalue weighted by Crippen LogP contribution is 2.27. The van der Waals surface area contributed by atoms with Crippen molar-refractivity contribution < 1.29 is 5.11 Å². The van der Waals surface area contributed by atoms with Gasteiger partial charge < -0.3 is 5.11 Å². The third kappa shape index (κ3) is 2.01. The van der Waals surface area contributed by atoms with E-state index in [0.717, 1.165) is 5.92 Å². The molecule has 80 valence electrons. The first-order valence-electron chi connectivity index (χ1n) is 5.81. The van der Waals surface area contributed by atoms with Crippen LogP contribution < -0.4 is 0 Å². The van der Waals surface area contributed by atoms with Gasteiger partial charge in [0.05, 0.1) is 6.61 Å². The summed E-state index contributed by atoms with van der Waals surface area (Å²) >= 11 is 0. The summed E-state index contributed by atoms with van der Waals surface area (Å²) in [5, 5.41) is 9.32. The lowest BCUT2D eigenvalue weighted by atomic mass is 10.0. The van der Waals surface area contributed by atoms with Crippen LogP contribution in [0.25, 0.3) is 0 Å². The normalized spacial score (nSPS) is 34.4. The van der Waals surface area contributed by atoms with Crippen molar-refractivity contribution in [2.45, 2.75) is 32.2 Å². The minimum absolute atomic E-state index is 0.335. The number of rotatable bonds is 3. The van der Waals surface area contributed by atoms with Crippen molar-refractivity contribution in [2.24, 2.45) is 11.8 Å². The number of hydrogen-bond acceptors (Lipinski definition) is 2. The van der Waals surface area contributed by atoms with Gasteiger partial charge in [0.15, 0.2) is 0 Å². The lowest BCUT2D eigenvalue weighted by Gasteiger charge is -2.27. The van der Waals surface area contributed by atoms with Crippen LogP contribution in [0.4, 0.5) is 0 Å². The van der Waals surface area contributed by atoms with Gasteiger partial charge in [0.1, 0.15) is 0 Å². The van der Waals surface area contributed by atoms with Crippen LogP contribution in [0.1, 0.15) is 26.2 Å². The maximum absolute atomic E-state index is 9.32. The van der Waals surface area contributed by atoms with Crippen LogP contribution in [0.5, 0.6) is 0 Å². The van der Waals surface area contributed by atoms with Gasteiger partial charge in [0, 0.05) is 12.6 Å². The summed E-state index contributed by atoms with van der Waals surface area (Å²) in [4.78, 5) is 2.49. The van der Waals surface area contributed by atoms with E-state index >= 15 is 0 Å². The molecule has 2 aliphatic rings. The van der Waals surface area contributed by atoms with E-state index in [9.17, 15) is 5.11 Å². The molecular formula is C12H21NO. The second-order valence-corrected chi connectivity index (χ2v) is 4.82. The molecule has 2 heteroatoms. The first-order valence-corrected chi connectivity index (χ1v) is 5.81. The van der Waals surface area contributed by atoms with Crippen LogP contribution in [0, 0.1) is 11.8 Å². The summed E-state index contributed by atoms with van der Waals surface area (Å²) in [5.74, 6) is 1.49. The monoisotopic (exact) mass is 195 g/mol. The number of nitrogens with zero attached hydrogens (tertiary/aromatic N) is 1. The predicted octanol–water partition coefficient (Wildman–Crippen LogP) is 1.66. The topological polar surface area (TPSA) is 23.5 Å². The zero-order valence-corrected chi connectivity index (χ0v) is 9.02. The van der Waals surface area contributed by atoms with Crippen molar-refractivity contribution in [1.82, 2.24) is 4.90 Å². The van der Waals surface area contributed by atoms with Crippen molar-refractivity contribution in [3.05, 3.63) is 12.2 Å². The van der Waals surface area contributed by atoms with Gasteiger partial charge in [-0.3, -0.25) is 4.90 Å². The maximum atomic E-state index is 9.32. The average molecular weight is 195 g/mol. The van der Waals surface area contributed by atoms with E-state index in [1.807, 2.05) is 0 Å². The highest BCUT2D eigenvalue weighted by molar-refractivity contribution is 4.96. The Bertz CT molecular complexity index is 206. The first-order chi connectivity index (χ1) is 6.81. The standard InChI is InChI=1S/C12H21NO/c1-10-6-7-13(12(10)9-14)8-11-4-2-3-5-11/h2-3,10-12,14H,4-9H2,1H3. The third-order valence-electron chi connectivity index (χ3n) is 3.78. The lowest BCUT2D eigenvalue weighted by molar-refractivity contribution is 0.126. The number of allylic oxidation sites excluding steroid dienone is 2. The van der Waals surface area contributed by atoms with Crippen molar-refractivity contribution in [3.63, 3.8) is 0 Å². The number of hydrogen-bond donors (Lipinski definition) is 1. The zero-order valence-electron chi connectivity index (χ0n) is 9.02. The molecule has 1 saturated heterocycles. The Kier molecular flexibility index (Phi) is 3.24. The second kappa shape index (κ2) is 4.45. The predicted molar refractivity (Wildman–Crippen MR) is 58.1 cm³/mol. The zero-order chi connectivity index (χ0) is 9.97. The van der Waals surface area contributed by atoms with E-state index in [1.54, 1.807) is 0 Å². The quantitative estimate of drug-likeness (QED) is 0.692. The lowest BCUT2D eigenvalue weighted by Crippen LogP contribution is -2.38. The number of likely N-dealkylation sites (tertiary alicyclic amines) is 1. The molecule has 0 aromatic rings. The maximum Gasteiger partial charge on any atom is 0.0589 e. The molecule has 1 N–H and O–H groups in total. The summed E-state index contributed by atoms with van der Waals surface area (Å²) in [6.45, 7) is 4.96. The van der Waals surface area contributed by atoms with Crippen molar-refractivity contribution in [3.8, 4) is 0 Å². The van der Waals surface area contributed by atoms with Crippen LogP contribution in [-0.4, -0.2) is 35.7 Å². The van der Waals surface area contributed by atoms with Gasteiger partial charge in [-0.25, -0.2) is 0 Å². The summed E-state index contributed by atoms with van der Waals surface area (Å²) < 4.78 is 0. The van der Waals surface area contributed by atoms with Gasteiger partial charge in [-0.15, -0.1) is 0 Å². The number of aliphatic hydroxyl groups excluding tert-OH is 1. The van der Waals surface area contributed by atoms with Crippen LogP contribution in [0.2, 0.25) is 0 Å². The number of aliphatic hydroxyl groups is 1. The van der Waals surface area contributed by atoms with Gasteiger partial charge in [0.25, 0.3) is 0 Å². The fraction of sp³-hybridized carbons (Fsp3) is 0.833. The van der Waals surface area contributed by atoms with Gasteiger partial charge in [-0.05, 0) is 37.6 Å². The molecule has 0 spiro atoms. The fourth-order valence-corrected chi connectivity index (χ4v) is 2.76. The smallest absolute Gasteiger partial charge is 0.0589 e. The highest BCUT2D eigenvalue weighted by Gasteiger charge is 2.31. The summed E-state index contributed by atoms with van der Waals surface area (Å²) in [5.41, 5.74) is 0. The fourth-order valence-electron chi connectivity index (χ4n) is 2.76. The van der Waals surface area contributed by atoms with Gasteiger partial charge in [-0.2, -0.15) is 0 Å². The molecule has 0 aromatic heterocycles. The van der Waals surface area contributed by atoms with E-state index < -0.39 is 0 Å². The molecule has 2 unspecified atom stereocenters. The molecule has 0 radical (unpaired) electrons. The first kappa shape index (κ1) is 10.2. The molecule has 0 amide bonds. The summed E-state index contributed by atoms with van der Waals surface area (Å²) in [6.07, 6.45) is 8.31. The molecule has 0 bridgehead atoms. The Balaban J connectivity index is 1.84. The van der Waals surface area contributed by atoms with Crippen LogP contribution in [-0.2, 0) is 0 Å². The Labute approximate surface area is 86.6 Å². The Morgan fingerprint density at radius 3 is 2.71 bits per heavy atom. The Morgan fingerprint density at radius 1 is 1.36 bits per heavy atom. The van der Waals surface area contributed by atoms with Gasteiger partial charge in [-0.1, -0.05) is 19.1 Å². The van der Waals surface area contributed by atoms with Crippen molar-refractivity contribution in [1.29, 1.82) is 0 Å².